The molecule has 16 heavy (non-hydrogen) atoms. The van der Waals surface area contributed by atoms with Crippen LogP contribution < -0.4 is 0 Å². The van der Waals surface area contributed by atoms with Gasteiger partial charge in [0.1, 0.15) is 11.4 Å². The highest BCUT2D eigenvalue weighted by Crippen LogP contribution is 2.33. The molecule has 1 nitrogen and oxygen atoms in total. The smallest absolute Gasteiger partial charge is 0.239 e. The average Bonchev–Trinajstić information content (AvgIpc) is 2.14. The minimum absolute atomic E-state index is 0.324. The van der Waals surface area contributed by atoms with Crippen LogP contribution in [-0.4, -0.2) is 4.98 Å². The van der Waals surface area contributed by atoms with Crippen LogP contribution in [0, 0.1) is 5.82 Å². The molecule has 1 aromatic heterocycles. The van der Waals surface area contributed by atoms with Crippen LogP contribution in [-0.2, 0) is 12.1 Å². The van der Waals surface area contributed by atoms with Crippen molar-refractivity contribution in [3.8, 4) is 0 Å². The van der Waals surface area contributed by atoms with Crippen LogP contribution in [0.4, 0.5) is 26.3 Å². The summed E-state index contributed by atoms with van der Waals surface area (Å²) in [5, 5.41) is 0. The lowest BCUT2D eigenvalue weighted by molar-refractivity contribution is -0.142. The molecule has 0 bridgehead atoms. The van der Waals surface area contributed by atoms with E-state index in [0.29, 0.717) is 6.07 Å². The van der Waals surface area contributed by atoms with Crippen molar-refractivity contribution < 1.29 is 26.3 Å². The van der Waals surface area contributed by atoms with Crippen LogP contribution in [0.25, 0.3) is 0 Å². The molecule has 0 saturated carbocycles. The Hall–Kier alpha value is -0.980. The van der Waals surface area contributed by atoms with Crippen LogP contribution in [0.2, 0.25) is 0 Å². The first kappa shape index (κ1) is 13.1. The molecule has 0 atom stereocenters. The SMILES string of the molecule is Fc1cc(CCl)c(C(F)(F)F)nc1C(F)F. The molecular formula is C8H4ClF6N. The second kappa shape index (κ2) is 4.48. The molecule has 0 aromatic carbocycles. The molecule has 0 fully saturated rings. The van der Waals surface area contributed by atoms with Gasteiger partial charge in [-0.05, 0) is 6.07 Å². The van der Waals surface area contributed by atoms with Gasteiger partial charge >= 0.3 is 6.18 Å². The maximum absolute atomic E-state index is 12.9. The Kier molecular flexibility index (Phi) is 3.67. The fourth-order valence-electron chi connectivity index (χ4n) is 1.04. The van der Waals surface area contributed by atoms with Crippen molar-refractivity contribution >= 4 is 11.6 Å². The molecule has 8 heteroatoms. The number of rotatable bonds is 2. The summed E-state index contributed by atoms with van der Waals surface area (Å²) in [4.78, 5) is 2.58. The largest absolute Gasteiger partial charge is 0.433 e. The van der Waals surface area contributed by atoms with Gasteiger partial charge in [0.2, 0.25) is 0 Å². The van der Waals surface area contributed by atoms with Crippen molar-refractivity contribution in [3.05, 3.63) is 28.8 Å². The zero-order valence-electron chi connectivity index (χ0n) is 7.45. The molecule has 1 aromatic rings. The molecule has 0 amide bonds. The normalized spacial score (nSPS) is 12.2. The number of pyridine rings is 1. The van der Waals surface area contributed by atoms with Gasteiger partial charge in [-0.1, -0.05) is 0 Å². The van der Waals surface area contributed by atoms with Gasteiger partial charge in [-0.25, -0.2) is 18.2 Å². The van der Waals surface area contributed by atoms with Crippen LogP contribution in [0.1, 0.15) is 23.4 Å². The molecule has 0 saturated heterocycles. The number of halogens is 7. The molecule has 1 heterocycles. The van der Waals surface area contributed by atoms with Gasteiger partial charge in [0.15, 0.2) is 5.82 Å². The summed E-state index contributed by atoms with van der Waals surface area (Å²) in [6, 6.07) is 0.324. The monoisotopic (exact) mass is 263 g/mol. The predicted octanol–water partition coefficient (Wildman–Crippen LogP) is 3.92. The van der Waals surface area contributed by atoms with Crippen LogP contribution in [0.15, 0.2) is 6.07 Å². The molecule has 0 aliphatic rings. The van der Waals surface area contributed by atoms with Gasteiger partial charge in [0, 0.05) is 11.4 Å². The summed E-state index contributed by atoms with van der Waals surface area (Å²) < 4.78 is 74.1. The lowest BCUT2D eigenvalue weighted by Gasteiger charge is -2.12. The predicted molar refractivity (Wildman–Crippen MR) is 43.7 cm³/mol. The first-order valence-corrected chi connectivity index (χ1v) is 4.41. The van der Waals surface area contributed by atoms with Crippen LogP contribution in [0.5, 0.6) is 0 Å². The van der Waals surface area contributed by atoms with E-state index in [9.17, 15) is 26.3 Å². The van der Waals surface area contributed by atoms with Crippen molar-refractivity contribution in [2.45, 2.75) is 18.5 Å². The lowest BCUT2D eigenvalue weighted by atomic mass is 10.2. The zero-order chi connectivity index (χ0) is 12.5. The minimum atomic E-state index is -4.94. The van der Waals surface area contributed by atoms with E-state index in [1.54, 1.807) is 0 Å². The van der Waals surface area contributed by atoms with Crippen molar-refractivity contribution in [3.63, 3.8) is 0 Å². The lowest BCUT2D eigenvalue weighted by Crippen LogP contribution is -2.14. The Morgan fingerprint density at radius 2 is 1.88 bits per heavy atom. The molecule has 0 unspecified atom stereocenters. The number of nitrogens with zero attached hydrogens (tertiary/aromatic N) is 1. The van der Waals surface area contributed by atoms with Crippen molar-refractivity contribution in [1.29, 1.82) is 0 Å². The van der Waals surface area contributed by atoms with Gasteiger partial charge in [-0.15, -0.1) is 11.6 Å². The van der Waals surface area contributed by atoms with E-state index >= 15 is 0 Å². The fraction of sp³-hybridized carbons (Fsp3) is 0.375. The van der Waals surface area contributed by atoms with E-state index in [2.05, 4.69) is 4.98 Å². The van der Waals surface area contributed by atoms with E-state index < -0.39 is 41.3 Å². The Morgan fingerprint density at radius 3 is 2.25 bits per heavy atom. The molecular weight excluding hydrogens is 260 g/mol. The molecule has 0 aliphatic carbocycles. The quantitative estimate of drug-likeness (QED) is 0.582. The second-order valence-corrected chi connectivity index (χ2v) is 3.06. The van der Waals surface area contributed by atoms with Crippen LogP contribution in [0.3, 0.4) is 0 Å². The standard InChI is InChI=1S/C8H4ClF6N/c9-2-3-1-4(10)5(7(11)12)16-6(3)8(13,14)15/h1,7H,2H2. The van der Waals surface area contributed by atoms with E-state index in [1.807, 2.05) is 0 Å². The third-order valence-electron chi connectivity index (χ3n) is 1.70. The highest BCUT2D eigenvalue weighted by Gasteiger charge is 2.37. The summed E-state index contributed by atoms with van der Waals surface area (Å²) in [7, 11) is 0. The Morgan fingerprint density at radius 1 is 1.31 bits per heavy atom. The number of hydrogen-bond acceptors (Lipinski definition) is 1. The van der Waals surface area contributed by atoms with Gasteiger partial charge in [0.05, 0.1) is 0 Å². The third kappa shape index (κ3) is 2.58. The van der Waals surface area contributed by atoms with Gasteiger partial charge in [-0.2, -0.15) is 13.2 Å². The van der Waals surface area contributed by atoms with Gasteiger partial charge < -0.3 is 0 Å². The molecule has 0 N–H and O–H groups in total. The Labute approximate surface area is 91.0 Å². The van der Waals surface area contributed by atoms with Crippen LogP contribution >= 0.6 is 11.6 Å². The van der Waals surface area contributed by atoms with E-state index in [-0.39, 0.29) is 0 Å². The number of hydrogen-bond donors (Lipinski definition) is 0. The topological polar surface area (TPSA) is 12.9 Å². The Balaban J connectivity index is 3.41. The summed E-state index contributed by atoms with van der Waals surface area (Å²) in [5.41, 5.74) is -3.78. The summed E-state index contributed by atoms with van der Waals surface area (Å²) in [6.45, 7) is 0. The summed E-state index contributed by atoms with van der Waals surface area (Å²) in [5.74, 6) is -2.17. The summed E-state index contributed by atoms with van der Waals surface area (Å²) >= 11 is 5.15. The maximum atomic E-state index is 12.9. The highest BCUT2D eigenvalue weighted by molar-refractivity contribution is 6.17. The molecule has 1 rings (SSSR count). The molecule has 90 valence electrons. The van der Waals surface area contributed by atoms with E-state index in [0.717, 1.165) is 0 Å². The van der Waals surface area contributed by atoms with Gasteiger partial charge in [-0.3, -0.25) is 0 Å². The molecule has 0 spiro atoms. The molecule has 0 aliphatic heterocycles. The fourth-order valence-corrected chi connectivity index (χ4v) is 1.24. The summed E-state index contributed by atoms with van der Waals surface area (Å²) in [6.07, 6.45) is -8.35. The second-order valence-electron chi connectivity index (χ2n) is 2.80. The number of alkyl halides is 6. The average molecular weight is 264 g/mol. The maximum Gasteiger partial charge on any atom is 0.433 e. The van der Waals surface area contributed by atoms with Crippen molar-refractivity contribution in [2.24, 2.45) is 0 Å². The third-order valence-corrected chi connectivity index (χ3v) is 1.99. The first-order chi connectivity index (χ1) is 7.27. The zero-order valence-corrected chi connectivity index (χ0v) is 8.21. The number of aromatic nitrogens is 1. The molecule has 0 radical (unpaired) electrons. The Bertz CT molecular complexity index is 389. The highest BCUT2D eigenvalue weighted by atomic mass is 35.5. The van der Waals surface area contributed by atoms with Crippen molar-refractivity contribution in [2.75, 3.05) is 0 Å². The first-order valence-electron chi connectivity index (χ1n) is 3.88. The minimum Gasteiger partial charge on any atom is -0.239 e. The van der Waals surface area contributed by atoms with Crippen molar-refractivity contribution in [1.82, 2.24) is 4.98 Å². The van der Waals surface area contributed by atoms with Gasteiger partial charge in [0.25, 0.3) is 6.43 Å². The van der Waals surface area contributed by atoms with E-state index in [1.165, 1.54) is 0 Å². The van der Waals surface area contributed by atoms with E-state index in [4.69, 9.17) is 11.6 Å².